The Bertz CT molecular complexity index is 898. The molecule has 0 aliphatic carbocycles. The van der Waals surface area contributed by atoms with Gasteiger partial charge in [0.15, 0.2) is 5.82 Å². The minimum absolute atomic E-state index is 0.194. The van der Waals surface area contributed by atoms with Crippen molar-refractivity contribution < 1.29 is 13.1 Å². The van der Waals surface area contributed by atoms with Crippen LogP contribution in [0.15, 0.2) is 58.6 Å². The van der Waals surface area contributed by atoms with Gasteiger partial charge in [-0.05, 0) is 44.0 Å². The van der Waals surface area contributed by atoms with Crippen molar-refractivity contribution >= 4 is 44.1 Å². The average molecular weight is 442 g/mol. The van der Waals surface area contributed by atoms with Gasteiger partial charge in [0.2, 0.25) is 0 Å². The molecule has 3 rings (SSSR count). The Hall–Kier alpha value is -1.91. The Kier molecular flexibility index (Phi) is 8.76. The Labute approximate surface area is 174 Å². The van der Waals surface area contributed by atoms with Crippen molar-refractivity contribution in [3.8, 4) is 0 Å². The van der Waals surface area contributed by atoms with Crippen molar-refractivity contribution in [3.63, 3.8) is 0 Å². The monoisotopic (exact) mass is 441 g/mol. The van der Waals surface area contributed by atoms with Crippen molar-refractivity contribution in [3.05, 3.63) is 76.7 Å². The Morgan fingerprint density at radius 2 is 1.52 bits per heavy atom. The molecule has 27 heavy (non-hydrogen) atoms. The van der Waals surface area contributed by atoms with Gasteiger partial charge >= 0.3 is 33.3 Å². The SMILES string of the molecule is Cc1cc(C)c(N=Cc2ccc(/C=N/c3ccccn3)[n-]2)c(C)c1.[Cl][Fe+][Cl]. The Morgan fingerprint density at radius 1 is 0.926 bits per heavy atom. The molecule has 0 amide bonds. The van der Waals surface area contributed by atoms with Crippen LogP contribution in [0.3, 0.4) is 0 Å². The topological polar surface area (TPSA) is 51.7 Å². The van der Waals surface area contributed by atoms with Gasteiger partial charge in [0.05, 0.1) is 5.69 Å². The molecule has 7 heteroatoms. The summed E-state index contributed by atoms with van der Waals surface area (Å²) in [6.45, 7) is 6.26. The van der Waals surface area contributed by atoms with E-state index in [4.69, 9.17) is 20.2 Å². The number of hydrogen-bond donors (Lipinski definition) is 0. The summed E-state index contributed by atoms with van der Waals surface area (Å²) in [5.74, 6) is 0.668. The normalized spacial score (nSPS) is 11.0. The van der Waals surface area contributed by atoms with Crippen LogP contribution in [0.1, 0.15) is 28.1 Å². The van der Waals surface area contributed by atoms with E-state index in [0.29, 0.717) is 5.82 Å². The van der Waals surface area contributed by atoms with E-state index in [1.807, 2.05) is 30.3 Å². The maximum atomic E-state index is 4.76. The van der Waals surface area contributed by atoms with E-state index in [2.05, 4.69) is 52.9 Å². The molecule has 0 aliphatic heterocycles. The summed E-state index contributed by atoms with van der Waals surface area (Å²) in [7, 11) is 9.53. The number of pyridine rings is 1. The average Bonchev–Trinajstić information content (AvgIpc) is 3.08. The molecule has 4 nitrogen and oxygen atoms in total. The van der Waals surface area contributed by atoms with Crippen LogP contribution in [0.25, 0.3) is 0 Å². The van der Waals surface area contributed by atoms with Gasteiger partial charge in [-0.2, -0.15) is 0 Å². The van der Waals surface area contributed by atoms with Gasteiger partial charge in [-0.3, -0.25) is 4.99 Å². The summed E-state index contributed by atoms with van der Waals surface area (Å²) < 4.78 is 0. The van der Waals surface area contributed by atoms with E-state index < -0.39 is 0 Å². The van der Waals surface area contributed by atoms with Gasteiger partial charge in [0, 0.05) is 18.6 Å². The second kappa shape index (κ2) is 11.1. The molecule has 0 radical (unpaired) electrons. The van der Waals surface area contributed by atoms with Gasteiger partial charge in [-0.1, -0.05) is 35.9 Å². The van der Waals surface area contributed by atoms with E-state index in [-0.39, 0.29) is 13.1 Å². The fraction of sp³-hybridized carbons (Fsp3) is 0.150. The molecule has 3 aromatic rings. The quantitative estimate of drug-likeness (QED) is 0.377. The molecule has 0 saturated heterocycles. The third-order valence-corrected chi connectivity index (χ3v) is 3.62. The molecule has 0 spiro atoms. The van der Waals surface area contributed by atoms with Crippen molar-refractivity contribution in [2.75, 3.05) is 0 Å². The first-order valence-corrected chi connectivity index (χ1v) is 11.1. The van der Waals surface area contributed by atoms with Crippen LogP contribution in [0.4, 0.5) is 11.5 Å². The predicted molar refractivity (Wildman–Crippen MR) is 111 cm³/mol. The van der Waals surface area contributed by atoms with E-state index in [9.17, 15) is 0 Å². The minimum atomic E-state index is 0.194. The molecule has 0 aliphatic rings. The molecule has 0 bridgehead atoms. The summed E-state index contributed by atoms with van der Waals surface area (Å²) in [5, 5.41) is 0. The molecule has 0 atom stereocenters. The summed E-state index contributed by atoms with van der Waals surface area (Å²) in [5.41, 5.74) is 6.21. The fourth-order valence-electron chi connectivity index (χ4n) is 2.61. The van der Waals surface area contributed by atoms with Crippen molar-refractivity contribution in [1.82, 2.24) is 9.97 Å². The van der Waals surface area contributed by atoms with Gasteiger partial charge < -0.3 is 4.98 Å². The molecule has 0 N–H and O–H groups in total. The van der Waals surface area contributed by atoms with Crippen LogP contribution in [0.5, 0.6) is 0 Å². The molecular formula is C20H19Cl2FeN4. The molecule has 2 heterocycles. The van der Waals surface area contributed by atoms with E-state index >= 15 is 0 Å². The number of benzene rings is 1. The zero-order valence-electron chi connectivity index (χ0n) is 15.2. The van der Waals surface area contributed by atoms with Crippen LogP contribution in [0, 0.1) is 20.8 Å². The molecule has 141 valence electrons. The van der Waals surface area contributed by atoms with Gasteiger partial charge in [-0.25, -0.2) is 9.98 Å². The molecule has 1 aromatic carbocycles. The first kappa shape index (κ1) is 21.4. The van der Waals surface area contributed by atoms with Gasteiger partial charge in [-0.15, -0.1) is 11.4 Å². The molecule has 2 aromatic heterocycles. The maximum absolute atomic E-state index is 4.76. The van der Waals surface area contributed by atoms with Crippen LogP contribution >= 0.6 is 20.2 Å². The molecule has 0 saturated carbocycles. The fourth-order valence-corrected chi connectivity index (χ4v) is 2.61. The first-order chi connectivity index (χ1) is 13.0. The van der Waals surface area contributed by atoms with Gasteiger partial charge in [0.25, 0.3) is 0 Å². The van der Waals surface area contributed by atoms with Crippen molar-refractivity contribution in [2.24, 2.45) is 9.98 Å². The Morgan fingerprint density at radius 3 is 2.07 bits per heavy atom. The summed E-state index contributed by atoms with van der Waals surface area (Å²) in [6.07, 6.45) is 5.22. The van der Waals surface area contributed by atoms with E-state index in [1.54, 1.807) is 18.6 Å². The summed E-state index contributed by atoms with van der Waals surface area (Å²) in [6, 6.07) is 13.8. The van der Waals surface area contributed by atoms with E-state index in [1.165, 1.54) is 16.7 Å². The number of rotatable bonds is 4. The summed E-state index contributed by atoms with van der Waals surface area (Å²) in [4.78, 5) is 17.5. The first-order valence-electron chi connectivity index (χ1n) is 8.09. The van der Waals surface area contributed by atoms with Crippen molar-refractivity contribution in [1.29, 1.82) is 0 Å². The Balaban J connectivity index is 0.000000817. The van der Waals surface area contributed by atoms with Crippen LogP contribution in [-0.4, -0.2) is 17.4 Å². The third-order valence-electron chi connectivity index (χ3n) is 3.62. The zero-order chi connectivity index (χ0) is 19.6. The van der Waals surface area contributed by atoms with Crippen LogP contribution in [-0.2, 0) is 13.1 Å². The van der Waals surface area contributed by atoms with Crippen LogP contribution < -0.4 is 4.98 Å². The summed E-state index contributed by atoms with van der Waals surface area (Å²) >= 11 is 0.194. The van der Waals surface area contributed by atoms with E-state index in [0.717, 1.165) is 17.1 Å². The zero-order valence-corrected chi connectivity index (χ0v) is 17.8. The molecule has 0 unspecified atom stereocenters. The number of nitrogens with zero attached hydrogens (tertiary/aromatic N) is 4. The predicted octanol–water partition coefficient (Wildman–Crippen LogP) is 5.84. The molecule has 0 fully saturated rings. The van der Waals surface area contributed by atoms with Crippen LogP contribution in [0.2, 0.25) is 0 Å². The number of hydrogen-bond acceptors (Lipinski definition) is 3. The standard InChI is InChI=1S/C20H19N4.2ClH.Fe/c1-14-10-15(2)20(16(3)11-14)23-13-18-8-7-17(24-18)12-22-19-6-4-5-9-21-19;;;/h4-13H,1-3H3;2*1H;/q-1;;;+3/p-2/b22-12+,23-13?;;;. The van der Waals surface area contributed by atoms with Gasteiger partial charge in [0.1, 0.15) is 0 Å². The number of aromatic nitrogens is 2. The second-order valence-electron chi connectivity index (χ2n) is 5.80. The number of halogens is 2. The third kappa shape index (κ3) is 6.96. The number of aryl methyl sites for hydroxylation is 3. The molecular weight excluding hydrogens is 423 g/mol. The second-order valence-corrected chi connectivity index (χ2v) is 7.62. The van der Waals surface area contributed by atoms with Crippen molar-refractivity contribution in [2.45, 2.75) is 20.8 Å². The number of aliphatic imine (C=N–C) groups is 2.